The van der Waals surface area contributed by atoms with Gasteiger partial charge in [0.25, 0.3) is 0 Å². The van der Waals surface area contributed by atoms with Crippen molar-refractivity contribution in [3.8, 4) is 0 Å². The second-order valence-electron chi connectivity index (χ2n) is 4.36. The van der Waals surface area contributed by atoms with Crippen molar-refractivity contribution in [1.82, 2.24) is 31.2 Å². The van der Waals surface area contributed by atoms with Crippen LogP contribution in [0.5, 0.6) is 0 Å². The van der Waals surface area contributed by atoms with Crippen LogP contribution < -0.4 is 21.3 Å². The van der Waals surface area contributed by atoms with Crippen LogP contribution in [0.4, 0.5) is 0 Å². The average molecular weight is 262 g/mol. The summed E-state index contributed by atoms with van der Waals surface area (Å²) in [4.78, 5) is 1.91. The highest BCUT2D eigenvalue weighted by Gasteiger charge is 2.09. The maximum atomic E-state index is 9.59. The number of nitrogens with one attached hydrogen (secondary N) is 4. The quantitative estimate of drug-likeness (QED) is 0.309. The Morgan fingerprint density at radius 3 is 1.61 bits per heavy atom. The first-order valence-corrected chi connectivity index (χ1v) is 6.39. The van der Waals surface area contributed by atoms with Crippen molar-refractivity contribution in [3.63, 3.8) is 0 Å². The molecule has 1 aliphatic rings. The molecule has 1 atom stereocenters. The van der Waals surface area contributed by atoms with Gasteiger partial charge in [-0.15, -0.1) is 0 Å². The molecule has 1 saturated heterocycles. The molecule has 18 heavy (non-hydrogen) atoms. The molecule has 8 heteroatoms. The summed E-state index contributed by atoms with van der Waals surface area (Å²) in [5.41, 5.74) is 0. The molecule has 0 spiro atoms. The maximum absolute atomic E-state index is 9.59. The van der Waals surface area contributed by atoms with Crippen LogP contribution in [-0.4, -0.2) is 79.4 Å². The molecule has 0 radical (unpaired) electrons. The topological polar surface area (TPSA) is 95.1 Å². The van der Waals surface area contributed by atoms with E-state index in [0.29, 0.717) is 26.7 Å². The van der Waals surface area contributed by atoms with Gasteiger partial charge in [0, 0.05) is 26.2 Å². The lowest BCUT2D eigenvalue weighted by Gasteiger charge is -2.26. The second-order valence-corrected chi connectivity index (χ2v) is 4.36. The van der Waals surface area contributed by atoms with E-state index in [4.69, 9.17) is 0 Å². The van der Waals surface area contributed by atoms with Gasteiger partial charge in [0.15, 0.2) is 0 Å². The SMILES string of the molecule is CC(O)N1CNCCNCN(O)CNCCNC1. The highest BCUT2D eigenvalue weighted by molar-refractivity contribution is 4.59. The summed E-state index contributed by atoms with van der Waals surface area (Å²) in [6.07, 6.45) is -0.480. The van der Waals surface area contributed by atoms with Gasteiger partial charge < -0.3 is 31.6 Å². The third kappa shape index (κ3) is 7.19. The molecule has 1 aliphatic heterocycles. The first kappa shape index (κ1) is 15.7. The summed E-state index contributed by atoms with van der Waals surface area (Å²) in [5.74, 6) is 0. The Morgan fingerprint density at radius 1 is 0.833 bits per heavy atom. The van der Waals surface area contributed by atoms with Crippen LogP contribution in [0, 0.1) is 0 Å². The molecule has 0 aromatic rings. The highest BCUT2D eigenvalue weighted by atomic mass is 16.5. The average Bonchev–Trinajstić information content (AvgIpc) is 2.34. The van der Waals surface area contributed by atoms with Crippen molar-refractivity contribution in [1.29, 1.82) is 0 Å². The third-order valence-electron chi connectivity index (χ3n) is 2.70. The smallest absolute Gasteiger partial charge is 0.106 e. The van der Waals surface area contributed by atoms with Crippen molar-refractivity contribution in [2.24, 2.45) is 0 Å². The molecular weight excluding hydrogens is 236 g/mol. The van der Waals surface area contributed by atoms with E-state index in [9.17, 15) is 10.3 Å². The normalized spacial score (nSPS) is 25.5. The van der Waals surface area contributed by atoms with E-state index in [1.807, 2.05) is 4.90 Å². The van der Waals surface area contributed by atoms with Gasteiger partial charge in [0.05, 0.1) is 26.7 Å². The monoisotopic (exact) mass is 262 g/mol. The number of hydroxylamine groups is 2. The Labute approximate surface area is 108 Å². The zero-order chi connectivity index (χ0) is 13.2. The first-order chi connectivity index (χ1) is 8.70. The van der Waals surface area contributed by atoms with Crippen LogP contribution >= 0.6 is 0 Å². The molecule has 108 valence electrons. The van der Waals surface area contributed by atoms with Gasteiger partial charge in [-0.2, -0.15) is 5.06 Å². The standard InChI is InChI=1S/C10H26N6O2/c1-10(17)15-6-11-2-4-13-8-16(18)9-14-5-3-12-7-15/h10-14,17-18H,2-9H2,1H3. The highest BCUT2D eigenvalue weighted by Crippen LogP contribution is 1.90. The predicted molar refractivity (Wildman–Crippen MR) is 68.6 cm³/mol. The van der Waals surface area contributed by atoms with E-state index in [0.717, 1.165) is 26.2 Å². The number of nitrogens with zero attached hydrogens (tertiary/aromatic N) is 2. The molecule has 1 unspecified atom stereocenters. The summed E-state index contributed by atoms with van der Waals surface area (Å²) in [6, 6.07) is 0. The molecule has 8 nitrogen and oxygen atoms in total. The van der Waals surface area contributed by atoms with Crippen molar-refractivity contribution < 1.29 is 10.3 Å². The Bertz CT molecular complexity index is 191. The van der Waals surface area contributed by atoms with E-state index in [-0.39, 0.29) is 0 Å². The van der Waals surface area contributed by atoms with Crippen molar-refractivity contribution in [2.45, 2.75) is 13.2 Å². The number of hydrogen-bond acceptors (Lipinski definition) is 8. The van der Waals surface area contributed by atoms with Crippen molar-refractivity contribution in [2.75, 3.05) is 52.9 Å². The van der Waals surface area contributed by atoms with Gasteiger partial charge in [-0.1, -0.05) is 0 Å². The minimum Gasteiger partial charge on any atom is -0.379 e. The molecule has 0 amide bonds. The van der Waals surface area contributed by atoms with Crippen molar-refractivity contribution >= 4 is 0 Å². The van der Waals surface area contributed by atoms with Gasteiger partial charge >= 0.3 is 0 Å². The van der Waals surface area contributed by atoms with Gasteiger partial charge in [-0.05, 0) is 6.92 Å². The Morgan fingerprint density at radius 2 is 1.22 bits per heavy atom. The third-order valence-corrected chi connectivity index (χ3v) is 2.70. The fraction of sp³-hybridized carbons (Fsp3) is 1.00. The van der Waals surface area contributed by atoms with E-state index < -0.39 is 6.23 Å². The summed E-state index contributed by atoms with van der Waals surface area (Å²) < 4.78 is 0. The number of rotatable bonds is 1. The maximum Gasteiger partial charge on any atom is 0.106 e. The lowest BCUT2D eigenvalue weighted by atomic mass is 10.5. The Hall–Kier alpha value is -0.320. The van der Waals surface area contributed by atoms with E-state index in [2.05, 4.69) is 21.3 Å². The predicted octanol–water partition coefficient (Wildman–Crippen LogP) is -2.48. The first-order valence-electron chi connectivity index (χ1n) is 6.39. The van der Waals surface area contributed by atoms with Gasteiger partial charge in [-0.3, -0.25) is 4.90 Å². The Kier molecular flexibility index (Phi) is 8.38. The second kappa shape index (κ2) is 9.59. The summed E-state index contributed by atoms with van der Waals surface area (Å²) in [5, 5.41) is 32.9. The molecular formula is C10H26N6O2. The van der Waals surface area contributed by atoms with Crippen LogP contribution in [-0.2, 0) is 0 Å². The van der Waals surface area contributed by atoms with Crippen LogP contribution in [0.2, 0.25) is 0 Å². The Balaban J connectivity index is 2.29. The van der Waals surface area contributed by atoms with Crippen LogP contribution in [0.1, 0.15) is 6.92 Å². The minimum atomic E-state index is -0.480. The number of aliphatic hydroxyl groups is 1. The summed E-state index contributed by atoms with van der Waals surface area (Å²) in [7, 11) is 0. The van der Waals surface area contributed by atoms with Crippen LogP contribution in [0.3, 0.4) is 0 Å². The van der Waals surface area contributed by atoms with E-state index in [1.165, 1.54) is 5.06 Å². The zero-order valence-corrected chi connectivity index (χ0v) is 11.0. The van der Waals surface area contributed by atoms with Crippen LogP contribution in [0.15, 0.2) is 0 Å². The number of aliphatic hydroxyl groups excluding tert-OH is 1. The number of hydrogen-bond donors (Lipinski definition) is 6. The lowest BCUT2D eigenvalue weighted by Crippen LogP contribution is -2.49. The summed E-state index contributed by atoms with van der Waals surface area (Å²) in [6.45, 7) is 6.97. The van der Waals surface area contributed by atoms with E-state index >= 15 is 0 Å². The molecule has 1 fully saturated rings. The molecule has 0 aliphatic carbocycles. The molecule has 6 N–H and O–H groups in total. The molecule has 0 saturated carbocycles. The molecule has 1 rings (SSSR count). The molecule has 0 aromatic heterocycles. The van der Waals surface area contributed by atoms with Crippen LogP contribution in [0.25, 0.3) is 0 Å². The van der Waals surface area contributed by atoms with Gasteiger partial charge in [0.1, 0.15) is 6.23 Å². The minimum absolute atomic E-state index is 0.433. The molecule has 1 heterocycles. The molecule has 0 aromatic carbocycles. The van der Waals surface area contributed by atoms with Gasteiger partial charge in [-0.25, -0.2) is 0 Å². The van der Waals surface area contributed by atoms with E-state index in [1.54, 1.807) is 6.92 Å². The fourth-order valence-corrected chi connectivity index (χ4v) is 1.59. The largest absolute Gasteiger partial charge is 0.379 e. The van der Waals surface area contributed by atoms with Gasteiger partial charge in [0.2, 0.25) is 0 Å². The lowest BCUT2D eigenvalue weighted by molar-refractivity contribution is -0.102. The molecule has 0 bridgehead atoms. The fourth-order valence-electron chi connectivity index (χ4n) is 1.59. The zero-order valence-electron chi connectivity index (χ0n) is 11.0. The summed E-state index contributed by atoms with van der Waals surface area (Å²) >= 11 is 0. The van der Waals surface area contributed by atoms with Crippen molar-refractivity contribution in [3.05, 3.63) is 0 Å².